The quantitative estimate of drug-likeness (QED) is 0.288. The zero-order valence-electron chi connectivity index (χ0n) is 15.2. The predicted octanol–water partition coefficient (Wildman–Crippen LogP) is 4.70. The first-order chi connectivity index (χ1) is 13.4. The maximum atomic E-state index is 13.2. The second-order valence-corrected chi connectivity index (χ2v) is 9.51. The molecule has 3 rings (SSSR count). The van der Waals surface area contributed by atoms with Crippen LogP contribution in [0.2, 0.25) is 0 Å². The molecule has 2 atom stereocenters. The van der Waals surface area contributed by atoms with E-state index in [2.05, 4.69) is 27.3 Å². The van der Waals surface area contributed by atoms with Crippen LogP contribution in [0.1, 0.15) is 25.4 Å². The predicted molar refractivity (Wildman–Crippen MR) is 119 cm³/mol. The van der Waals surface area contributed by atoms with Crippen LogP contribution in [0.15, 0.2) is 89.8 Å². The number of carbonyl (C=O) groups excluding carboxylic acids is 1. The summed E-state index contributed by atoms with van der Waals surface area (Å²) in [6, 6.07) is 23.8. The van der Waals surface area contributed by atoms with Gasteiger partial charge in [0.15, 0.2) is 5.78 Å². The zero-order valence-corrected chi connectivity index (χ0v) is 18.2. The van der Waals surface area contributed by atoms with Gasteiger partial charge in [-0.05, 0) is 24.6 Å². The van der Waals surface area contributed by atoms with E-state index in [1.54, 1.807) is 48.5 Å². The largest absolute Gasteiger partial charge is 0.292 e. The van der Waals surface area contributed by atoms with Crippen LogP contribution >= 0.6 is 22.6 Å². The Balaban J connectivity index is 1.98. The fourth-order valence-corrected chi connectivity index (χ4v) is 5.18. The molecule has 28 heavy (non-hydrogen) atoms. The van der Waals surface area contributed by atoms with Crippen molar-refractivity contribution < 1.29 is 13.2 Å². The highest BCUT2D eigenvalue weighted by atomic mass is 127. The number of rotatable bonds is 7. The van der Waals surface area contributed by atoms with E-state index in [-0.39, 0.29) is 14.6 Å². The fourth-order valence-electron chi connectivity index (χ4n) is 2.81. The van der Waals surface area contributed by atoms with Crippen molar-refractivity contribution in [2.45, 2.75) is 21.8 Å². The maximum absolute atomic E-state index is 13.2. The Hall–Kier alpha value is -2.03. The minimum absolute atomic E-state index is 0.139. The standard InChI is InChI=1S/C22H20INO3S/c1-16-12-14-19(15-13-16)28(26,27)24-21(20(23)17-8-4-2-5-9-17)22(25)18-10-6-3-7-11-18/h2-15,20-21,24H,1H3. The highest BCUT2D eigenvalue weighted by Crippen LogP contribution is 2.30. The molecule has 3 aromatic carbocycles. The third-order valence-corrected chi connectivity index (χ3v) is 7.26. The van der Waals surface area contributed by atoms with E-state index in [0.29, 0.717) is 5.56 Å². The van der Waals surface area contributed by atoms with Crippen LogP contribution in [-0.4, -0.2) is 20.2 Å². The normalized spacial score (nSPS) is 13.6. The summed E-state index contributed by atoms with van der Waals surface area (Å²) in [6.45, 7) is 1.89. The molecular formula is C22H20INO3S. The van der Waals surface area contributed by atoms with E-state index in [4.69, 9.17) is 0 Å². The first-order valence-corrected chi connectivity index (χ1v) is 11.5. The van der Waals surface area contributed by atoms with Gasteiger partial charge in [0, 0.05) is 5.56 Å². The van der Waals surface area contributed by atoms with Gasteiger partial charge in [0.1, 0.15) is 6.04 Å². The van der Waals surface area contributed by atoms with E-state index >= 15 is 0 Å². The average Bonchev–Trinajstić information content (AvgIpc) is 2.72. The van der Waals surface area contributed by atoms with Crippen LogP contribution in [0.5, 0.6) is 0 Å². The molecule has 0 fully saturated rings. The summed E-state index contributed by atoms with van der Waals surface area (Å²) < 4.78 is 28.2. The summed E-state index contributed by atoms with van der Waals surface area (Å²) in [4.78, 5) is 13.3. The molecule has 0 saturated heterocycles. The smallest absolute Gasteiger partial charge is 0.241 e. The molecule has 0 aliphatic carbocycles. The molecule has 6 heteroatoms. The lowest BCUT2D eigenvalue weighted by molar-refractivity contribution is 0.0954. The number of Topliss-reactive ketones (excluding diaryl/α,β-unsaturated/α-hetero) is 1. The molecule has 0 heterocycles. The summed E-state index contributed by atoms with van der Waals surface area (Å²) in [5, 5.41) is 0. The number of aryl methyl sites for hydroxylation is 1. The molecule has 0 aromatic heterocycles. The lowest BCUT2D eigenvalue weighted by Crippen LogP contribution is -2.43. The Labute approximate surface area is 179 Å². The van der Waals surface area contributed by atoms with Gasteiger partial charge in [-0.1, -0.05) is 101 Å². The Morgan fingerprint density at radius 1 is 0.857 bits per heavy atom. The van der Waals surface area contributed by atoms with Gasteiger partial charge in [-0.15, -0.1) is 0 Å². The fraction of sp³-hybridized carbons (Fsp3) is 0.136. The van der Waals surface area contributed by atoms with Crippen LogP contribution in [-0.2, 0) is 10.0 Å². The van der Waals surface area contributed by atoms with Gasteiger partial charge in [-0.2, -0.15) is 4.72 Å². The van der Waals surface area contributed by atoms with Gasteiger partial charge in [0.05, 0.1) is 8.82 Å². The molecule has 144 valence electrons. The summed E-state index contributed by atoms with van der Waals surface area (Å²) in [5.74, 6) is -0.264. The highest BCUT2D eigenvalue weighted by molar-refractivity contribution is 14.1. The highest BCUT2D eigenvalue weighted by Gasteiger charge is 2.32. The molecule has 0 bridgehead atoms. The number of ketones is 1. The summed E-state index contributed by atoms with van der Waals surface area (Å²) in [5.41, 5.74) is 2.31. The van der Waals surface area contributed by atoms with Gasteiger partial charge in [0.25, 0.3) is 0 Å². The molecular weight excluding hydrogens is 485 g/mol. The van der Waals surface area contributed by atoms with Crippen LogP contribution in [0.25, 0.3) is 0 Å². The number of nitrogens with one attached hydrogen (secondary N) is 1. The number of sulfonamides is 1. The van der Waals surface area contributed by atoms with Crippen molar-refractivity contribution in [3.63, 3.8) is 0 Å². The summed E-state index contributed by atoms with van der Waals surface area (Å²) in [7, 11) is -3.86. The lowest BCUT2D eigenvalue weighted by Gasteiger charge is -2.23. The van der Waals surface area contributed by atoms with Crippen LogP contribution in [0.4, 0.5) is 0 Å². The molecule has 0 amide bonds. The van der Waals surface area contributed by atoms with Crippen molar-refractivity contribution in [3.05, 3.63) is 102 Å². The molecule has 0 saturated carbocycles. The second kappa shape index (κ2) is 8.98. The monoisotopic (exact) mass is 505 g/mol. The number of halogens is 1. The molecule has 0 aliphatic heterocycles. The van der Waals surface area contributed by atoms with Gasteiger partial charge < -0.3 is 0 Å². The van der Waals surface area contributed by atoms with E-state index in [0.717, 1.165) is 11.1 Å². The molecule has 2 unspecified atom stereocenters. The minimum Gasteiger partial charge on any atom is -0.292 e. The van der Waals surface area contributed by atoms with Gasteiger partial charge in [0.2, 0.25) is 10.0 Å². The van der Waals surface area contributed by atoms with Crippen molar-refractivity contribution in [1.82, 2.24) is 4.72 Å². The molecule has 0 spiro atoms. The SMILES string of the molecule is Cc1ccc(S(=O)(=O)NC(C(=O)c2ccccc2)C(I)c2ccccc2)cc1. The van der Waals surface area contributed by atoms with Crippen LogP contribution in [0, 0.1) is 6.92 Å². The van der Waals surface area contributed by atoms with E-state index in [1.165, 1.54) is 0 Å². The summed E-state index contributed by atoms with van der Waals surface area (Å²) in [6.07, 6.45) is 0. The van der Waals surface area contributed by atoms with Crippen molar-refractivity contribution in [2.24, 2.45) is 0 Å². The number of hydrogen-bond donors (Lipinski definition) is 1. The third-order valence-electron chi connectivity index (χ3n) is 4.36. The molecule has 4 nitrogen and oxygen atoms in total. The first-order valence-electron chi connectivity index (χ1n) is 8.76. The van der Waals surface area contributed by atoms with Crippen molar-refractivity contribution in [2.75, 3.05) is 0 Å². The number of alkyl halides is 1. The van der Waals surface area contributed by atoms with Crippen LogP contribution < -0.4 is 4.72 Å². The van der Waals surface area contributed by atoms with E-state index in [1.807, 2.05) is 43.3 Å². The van der Waals surface area contributed by atoms with Gasteiger partial charge >= 0.3 is 0 Å². The van der Waals surface area contributed by atoms with Crippen molar-refractivity contribution >= 4 is 38.4 Å². The van der Waals surface area contributed by atoms with Crippen LogP contribution in [0.3, 0.4) is 0 Å². The topological polar surface area (TPSA) is 63.2 Å². The first kappa shape index (κ1) is 20.7. The third kappa shape index (κ3) is 4.87. The number of hydrogen-bond acceptors (Lipinski definition) is 3. The zero-order chi connectivity index (χ0) is 20.1. The molecule has 0 radical (unpaired) electrons. The summed E-state index contributed by atoms with van der Waals surface area (Å²) >= 11 is 2.13. The number of benzene rings is 3. The van der Waals surface area contributed by atoms with Gasteiger partial charge in [-0.25, -0.2) is 8.42 Å². The Morgan fingerprint density at radius 2 is 1.39 bits per heavy atom. The minimum atomic E-state index is -3.86. The maximum Gasteiger partial charge on any atom is 0.241 e. The van der Waals surface area contributed by atoms with Gasteiger partial charge in [-0.3, -0.25) is 4.79 Å². The Bertz CT molecular complexity index is 1040. The van der Waals surface area contributed by atoms with Crippen molar-refractivity contribution in [1.29, 1.82) is 0 Å². The van der Waals surface area contributed by atoms with Crippen molar-refractivity contribution in [3.8, 4) is 0 Å². The molecule has 3 aromatic rings. The van der Waals surface area contributed by atoms with E-state index < -0.39 is 16.1 Å². The lowest BCUT2D eigenvalue weighted by atomic mass is 9.98. The average molecular weight is 505 g/mol. The molecule has 1 N–H and O–H groups in total. The number of carbonyl (C=O) groups is 1. The Kier molecular flexibility index (Phi) is 6.64. The molecule has 0 aliphatic rings. The van der Waals surface area contributed by atoms with E-state index in [9.17, 15) is 13.2 Å². The second-order valence-electron chi connectivity index (χ2n) is 6.45. The Morgan fingerprint density at radius 3 is 1.96 bits per heavy atom.